The van der Waals surface area contributed by atoms with Gasteiger partial charge >= 0.3 is 6.09 Å². The molecule has 1 rings (SSSR count). The number of rotatable bonds is 0. The van der Waals surface area contributed by atoms with E-state index in [0.29, 0.717) is 12.0 Å². The zero-order chi connectivity index (χ0) is 8.43. The number of ether oxygens (including phenoxy) is 1. The predicted molar refractivity (Wildman–Crippen MR) is 42.4 cm³/mol. The molecule has 0 aliphatic carbocycles. The molecular formula is C8H15NO2. The second-order valence-corrected chi connectivity index (χ2v) is 3.31. The Morgan fingerprint density at radius 1 is 1.55 bits per heavy atom. The van der Waals surface area contributed by atoms with Crippen LogP contribution in [0.4, 0.5) is 4.79 Å². The van der Waals surface area contributed by atoms with Gasteiger partial charge in [0.2, 0.25) is 0 Å². The topological polar surface area (TPSA) is 29.5 Å². The summed E-state index contributed by atoms with van der Waals surface area (Å²) in [5.74, 6) is 0.615. The van der Waals surface area contributed by atoms with Crippen LogP contribution in [0.3, 0.4) is 0 Å². The molecule has 1 aliphatic heterocycles. The lowest BCUT2D eigenvalue weighted by atomic mass is 10.1. The van der Waals surface area contributed by atoms with E-state index in [0.717, 1.165) is 13.0 Å². The molecule has 1 aliphatic rings. The van der Waals surface area contributed by atoms with Crippen molar-refractivity contribution < 1.29 is 9.53 Å². The van der Waals surface area contributed by atoms with E-state index in [4.69, 9.17) is 0 Å². The van der Waals surface area contributed by atoms with Crippen molar-refractivity contribution in [2.24, 2.45) is 5.92 Å². The molecule has 3 heteroatoms. The fraction of sp³-hybridized carbons (Fsp3) is 0.875. The smallest absolute Gasteiger partial charge is 0.409 e. The Kier molecular flexibility index (Phi) is 2.37. The van der Waals surface area contributed by atoms with E-state index in [1.165, 1.54) is 7.11 Å². The van der Waals surface area contributed by atoms with E-state index in [2.05, 4.69) is 18.6 Å². The van der Waals surface area contributed by atoms with Crippen LogP contribution >= 0.6 is 0 Å². The number of amides is 1. The molecule has 64 valence electrons. The van der Waals surface area contributed by atoms with Crippen LogP contribution < -0.4 is 0 Å². The monoisotopic (exact) mass is 157 g/mol. The maximum Gasteiger partial charge on any atom is 0.409 e. The van der Waals surface area contributed by atoms with Crippen molar-refractivity contribution in [2.45, 2.75) is 26.3 Å². The van der Waals surface area contributed by atoms with Gasteiger partial charge in [-0.05, 0) is 19.3 Å². The predicted octanol–water partition coefficient (Wildman–Crippen LogP) is 1.48. The highest BCUT2D eigenvalue weighted by molar-refractivity contribution is 5.68. The molecule has 2 atom stereocenters. The molecule has 0 radical (unpaired) electrons. The molecule has 1 fully saturated rings. The number of hydrogen-bond donors (Lipinski definition) is 0. The van der Waals surface area contributed by atoms with Crippen molar-refractivity contribution in [3.05, 3.63) is 0 Å². The van der Waals surface area contributed by atoms with Crippen LogP contribution in [0, 0.1) is 5.92 Å². The molecule has 1 heterocycles. The summed E-state index contributed by atoms with van der Waals surface area (Å²) in [5.41, 5.74) is 0. The van der Waals surface area contributed by atoms with Gasteiger partial charge in [0, 0.05) is 12.6 Å². The Labute approximate surface area is 67.3 Å². The minimum absolute atomic E-state index is 0.193. The quantitative estimate of drug-likeness (QED) is 0.533. The van der Waals surface area contributed by atoms with Crippen molar-refractivity contribution in [2.75, 3.05) is 13.7 Å². The van der Waals surface area contributed by atoms with Gasteiger partial charge in [0.1, 0.15) is 0 Å². The average molecular weight is 157 g/mol. The van der Waals surface area contributed by atoms with Crippen LogP contribution in [0.25, 0.3) is 0 Å². The summed E-state index contributed by atoms with van der Waals surface area (Å²) in [6.45, 7) is 5.05. The van der Waals surface area contributed by atoms with Crippen LogP contribution in [-0.2, 0) is 4.74 Å². The Hall–Kier alpha value is -0.730. The number of carbonyl (C=O) groups is 1. The third-order valence-electron chi connectivity index (χ3n) is 2.19. The first-order valence-corrected chi connectivity index (χ1v) is 3.99. The standard InChI is InChI=1S/C8H15NO2/c1-6-4-7(2)9(5-6)8(10)11-3/h6-7H,4-5H2,1-3H3/t6-,7-/m1/s1. The highest BCUT2D eigenvalue weighted by Crippen LogP contribution is 2.22. The first kappa shape index (κ1) is 8.37. The third kappa shape index (κ3) is 1.64. The lowest BCUT2D eigenvalue weighted by molar-refractivity contribution is 0.121. The number of carbonyl (C=O) groups excluding carboxylic acids is 1. The highest BCUT2D eigenvalue weighted by Gasteiger charge is 2.30. The number of likely N-dealkylation sites (tertiary alicyclic amines) is 1. The largest absolute Gasteiger partial charge is 0.453 e. The van der Waals surface area contributed by atoms with E-state index in [-0.39, 0.29) is 6.09 Å². The van der Waals surface area contributed by atoms with Gasteiger partial charge in [-0.2, -0.15) is 0 Å². The van der Waals surface area contributed by atoms with Gasteiger partial charge in [-0.25, -0.2) is 4.79 Å². The van der Waals surface area contributed by atoms with Crippen molar-refractivity contribution in [3.63, 3.8) is 0 Å². The molecule has 0 aromatic rings. The second-order valence-electron chi connectivity index (χ2n) is 3.31. The number of nitrogens with zero attached hydrogens (tertiary/aromatic N) is 1. The van der Waals surface area contributed by atoms with Crippen molar-refractivity contribution in [3.8, 4) is 0 Å². The Morgan fingerprint density at radius 3 is 2.55 bits per heavy atom. The molecule has 0 spiro atoms. The molecule has 0 aromatic heterocycles. The van der Waals surface area contributed by atoms with Gasteiger partial charge in [0.15, 0.2) is 0 Å². The molecule has 1 saturated heterocycles. The summed E-state index contributed by atoms with van der Waals surface area (Å²) < 4.78 is 4.64. The number of hydrogen-bond acceptors (Lipinski definition) is 2. The van der Waals surface area contributed by atoms with E-state index in [1.807, 2.05) is 0 Å². The van der Waals surface area contributed by atoms with Crippen LogP contribution in [0.15, 0.2) is 0 Å². The number of methoxy groups -OCH3 is 1. The molecule has 3 nitrogen and oxygen atoms in total. The van der Waals surface area contributed by atoms with Gasteiger partial charge in [-0.1, -0.05) is 6.92 Å². The second kappa shape index (κ2) is 3.11. The van der Waals surface area contributed by atoms with Gasteiger partial charge in [-0.15, -0.1) is 0 Å². The zero-order valence-corrected chi connectivity index (χ0v) is 7.33. The van der Waals surface area contributed by atoms with Gasteiger partial charge in [0.05, 0.1) is 7.11 Å². The van der Waals surface area contributed by atoms with Crippen LogP contribution in [0.5, 0.6) is 0 Å². The van der Waals surface area contributed by atoms with Crippen LogP contribution in [0.2, 0.25) is 0 Å². The van der Waals surface area contributed by atoms with E-state index < -0.39 is 0 Å². The molecule has 0 unspecified atom stereocenters. The Morgan fingerprint density at radius 2 is 2.18 bits per heavy atom. The molecular weight excluding hydrogens is 142 g/mol. The average Bonchev–Trinajstić information content (AvgIpc) is 2.28. The zero-order valence-electron chi connectivity index (χ0n) is 7.33. The summed E-state index contributed by atoms with van der Waals surface area (Å²) in [6, 6.07) is 0.345. The van der Waals surface area contributed by atoms with Crippen molar-refractivity contribution >= 4 is 6.09 Å². The summed E-state index contributed by atoms with van der Waals surface area (Å²) >= 11 is 0. The molecule has 0 bridgehead atoms. The van der Waals surface area contributed by atoms with E-state index in [9.17, 15) is 4.79 Å². The first-order chi connectivity index (χ1) is 5.15. The lowest BCUT2D eigenvalue weighted by Gasteiger charge is -2.18. The maximum absolute atomic E-state index is 11.1. The van der Waals surface area contributed by atoms with Crippen LogP contribution in [0.1, 0.15) is 20.3 Å². The highest BCUT2D eigenvalue weighted by atomic mass is 16.5. The summed E-state index contributed by atoms with van der Waals surface area (Å²) in [6.07, 6.45) is 0.900. The van der Waals surface area contributed by atoms with E-state index in [1.54, 1.807) is 4.90 Å². The Bertz CT molecular complexity index is 158. The Balaban J connectivity index is 2.52. The van der Waals surface area contributed by atoms with Gasteiger partial charge < -0.3 is 9.64 Å². The summed E-state index contributed by atoms with van der Waals surface area (Å²) in [7, 11) is 1.43. The molecule has 1 amide bonds. The maximum atomic E-state index is 11.1. The minimum Gasteiger partial charge on any atom is -0.453 e. The SMILES string of the molecule is COC(=O)N1C[C@H](C)C[C@H]1C. The molecule has 0 N–H and O–H groups in total. The third-order valence-corrected chi connectivity index (χ3v) is 2.19. The molecule has 11 heavy (non-hydrogen) atoms. The van der Waals surface area contributed by atoms with E-state index >= 15 is 0 Å². The van der Waals surface area contributed by atoms with Crippen molar-refractivity contribution in [1.82, 2.24) is 4.90 Å². The summed E-state index contributed by atoms with van der Waals surface area (Å²) in [5, 5.41) is 0. The fourth-order valence-electron chi connectivity index (χ4n) is 1.67. The van der Waals surface area contributed by atoms with Crippen molar-refractivity contribution in [1.29, 1.82) is 0 Å². The lowest BCUT2D eigenvalue weighted by Crippen LogP contribution is -2.33. The fourth-order valence-corrected chi connectivity index (χ4v) is 1.67. The van der Waals surface area contributed by atoms with Gasteiger partial charge in [-0.3, -0.25) is 0 Å². The van der Waals surface area contributed by atoms with Crippen LogP contribution in [-0.4, -0.2) is 30.7 Å². The summed E-state index contributed by atoms with van der Waals surface area (Å²) in [4.78, 5) is 12.9. The normalized spacial score (nSPS) is 30.6. The molecule has 0 aromatic carbocycles. The van der Waals surface area contributed by atoms with Gasteiger partial charge in [0.25, 0.3) is 0 Å². The minimum atomic E-state index is -0.193. The first-order valence-electron chi connectivity index (χ1n) is 3.99. The molecule has 0 saturated carbocycles.